The van der Waals surface area contributed by atoms with E-state index in [1.54, 1.807) is 87.3 Å². The van der Waals surface area contributed by atoms with Gasteiger partial charge in [0.2, 0.25) is 0 Å². The van der Waals surface area contributed by atoms with E-state index in [-0.39, 0.29) is 99.0 Å². The molecule has 0 unspecified atom stereocenters. The number of fused-ring (bicyclic) bond motifs is 3. The van der Waals surface area contributed by atoms with Crippen LogP contribution in [0.2, 0.25) is 0 Å². The highest BCUT2D eigenvalue weighted by molar-refractivity contribution is 9.11. The molecule has 0 atom stereocenters. The van der Waals surface area contributed by atoms with Gasteiger partial charge in [-0.3, -0.25) is 37.6 Å². The summed E-state index contributed by atoms with van der Waals surface area (Å²) in [5.41, 5.74) is 14.5. The van der Waals surface area contributed by atoms with Gasteiger partial charge in [0.25, 0.3) is 16.7 Å². The van der Waals surface area contributed by atoms with Crippen LogP contribution in [0.15, 0.2) is 191 Å². The van der Waals surface area contributed by atoms with Gasteiger partial charge in [-0.05, 0) is 275 Å². The standard InChI is InChI=1S/C21H25BrN2O4.C20H20BrN5O4S.C17H18BrNO2.C15H20F3NO6S.C9H13N.C7H7BFO2.C7H8N4O4S.CH4/c1-13-10-17(18(27-5)11-15(13)22)24-16-8-9-23(20(26)28-21(2,3)4)12-14(16)6-7-19(24)25;1-13-10-17(18(30-2)11-15(13)21)26-16-7-9-25(12-14(16)5-6-20(26)27)31(28,29)24-19-4-3-8-22-23-19;1-11-9-15(16(21-2)10-13(11)18)19-14-6-4-3-5-12(14)7-8-17(19)20;1-10(20)5-6-11-9-19(13(21)24-14(2,3)4)8-7-12(11)25-26(22,23)15(16,17)18;1-6-4-8(3)9(10)5-7(6)2;1-5-4-6(11-8-10)2-3-7(5)9;12-7-11(4-5-15-7)16(13,14)10-6-2-1-3-8-9-6;/h6-7,10-11H,8-9,12H2,1-5H3;3-6,8,10-11H,7,9,12H2,1-2H3,(H,23,24);7-10H,3-6H2,1-2H3;5-6H,7-9H2,1-4H3;4-5H,10H2,1-3H3;2-4,10H,1H3;1-3H,4-5H2,(H,9,10);1H4/b;;;6-5+;;;;. The number of carbonyl (C=O) groups excluding carboxylic acids is 4. The molecule has 4 aliphatic heterocycles. The van der Waals surface area contributed by atoms with Crippen LogP contribution in [0.1, 0.15) is 148 Å². The summed E-state index contributed by atoms with van der Waals surface area (Å²) in [6.45, 7) is 26.4. The quantitative estimate of drug-likeness (QED) is 0.0118. The fraction of sp³-hybridized carbons (Fsp3) is 0.371. The first-order valence-electron chi connectivity index (χ1n) is 44.2. The second-order valence-corrected chi connectivity index (χ2v) is 42.1. The fourth-order valence-corrected chi connectivity index (χ4v) is 18.3. The second-order valence-electron chi connectivity index (χ2n) is 34.8. The van der Waals surface area contributed by atoms with Crippen molar-refractivity contribution in [2.75, 3.05) is 75.8 Å². The maximum atomic E-state index is 12.8. The third-order valence-corrected chi connectivity index (χ3v) is 28.2. The van der Waals surface area contributed by atoms with Crippen molar-refractivity contribution in [2.24, 2.45) is 0 Å². The molecule has 0 bridgehead atoms. The minimum Gasteiger partial charge on any atom is -0.537 e. The van der Waals surface area contributed by atoms with Crippen molar-refractivity contribution in [1.29, 1.82) is 0 Å². The first-order chi connectivity index (χ1) is 67.1. The number of rotatable bonds is 18. The number of pyridine rings is 3. The Bertz CT molecular complexity index is 6910. The van der Waals surface area contributed by atoms with Gasteiger partial charge in [-0.25, -0.2) is 23.5 Å². The van der Waals surface area contributed by atoms with Crippen molar-refractivity contribution in [1.82, 2.24) is 52.5 Å². The molecule has 9 heterocycles. The normalized spacial score (nSPS) is 14.0. The molecule has 1 saturated heterocycles. The first kappa shape index (κ1) is 117. The molecule has 0 saturated carbocycles. The van der Waals surface area contributed by atoms with Crippen LogP contribution in [0.5, 0.6) is 23.0 Å². The van der Waals surface area contributed by atoms with Gasteiger partial charge < -0.3 is 57.8 Å². The van der Waals surface area contributed by atoms with Crippen LogP contribution < -0.4 is 50.7 Å². The van der Waals surface area contributed by atoms with Gasteiger partial charge >= 0.3 is 62.0 Å². The summed E-state index contributed by atoms with van der Waals surface area (Å²) >= 11 is 10.5. The molecule has 1 fully saturated rings. The molecule has 1 radical (unpaired) electrons. The summed E-state index contributed by atoms with van der Waals surface area (Å²) in [7, 11) is -8.29. The van der Waals surface area contributed by atoms with E-state index in [0.29, 0.717) is 77.9 Å². The maximum absolute atomic E-state index is 12.8. The number of halogens is 7. The Morgan fingerprint density at radius 1 is 0.528 bits per heavy atom. The lowest BCUT2D eigenvalue weighted by molar-refractivity contribution is -0.112. The van der Waals surface area contributed by atoms with Crippen LogP contribution in [0, 0.1) is 54.3 Å². The average molecular weight is 2250 g/mol. The van der Waals surface area contributed by atoms with Gasteiger partial charge in [-0.1, -0.05) is 79.5 Å². The molecule has 0 spiro atoms. The Hall–Kier alpha value is -12.5. The predicted molar refractivity (Wildman–Crippen MR) is 548 cm³/mol. The number of carbonyl (C=O) groups is 4. The van der Waals surface area contributed by atoms with Gasteiger partial charge in [-0.15, -0.1) is 10.2 Å². The number of ether oxygens (including phenoxy) is 6. The number of cyclic esters (lactones) is 1. The van der Waals surface area contributed by atoms with Crippen molar-refractivity contribution in [3.63, 3.8) is 0 Å². The number of allylic oxidation sites excluding steroid dienone is 1. The summed E-state index contributed by atoms with van der Waals surface area (Å²) in [6.07, 6.45) is 8.05. The van der Waals surface area contributed by atoms with E-state index in [1.165, 1.54) is 106 Å². The molecule has 5 N–H and O–H groups in total. The zero-order valence-electron chi connectivity index (χ0n) is 81.5. The van der Waals surface area contributed by atoms with Crippen LogP contribution >= 0.6 is 47.8 Å². The molecule has 5 aliphatic rings. The minimum absolute atomic E-state index is 0. The Labute approximate surface area is 859 Å². The molecule has 10 aromatic rings. The highest BCUT2D eigenvalue weighted by atomic mass is 79.9. The van der Waals surface area contributed by atoms with Gasteiger partial charge in [0.05, 0.1) is 58.0 Å². The largest absolute Gasteiger partial charge is 0.569 e. The lowest BCUT2D eigenvalue weighted by atomic mass is 9.95. The number of nitrogen functional groups attached to an aromatic ring is 1. The number of ketones is 1. The lowest BCUT2D eigenvalue weighted by Gasteiger charge is -2.32. The Balaban J connectivity index is 0.000000211. The summed E-state index contributed by atoms with van der Waals surface area (Å²) in [6, 6.07) is 36.0. The monoisotopic (exact) mass is 2250 g/mol. The molecular formula is C97H115BBr3F4N14O22S3. The zero-order chi connectivity index (χ0) is 106. The molecule has 3 amide bonds. The Morgan fingerprint density at radius 2 is 0.972 bits per heavy atom. The Kier molecular flexibility index (Phi) is 41.2. The second kappa shape index (κ2) is 50.8. The molecule has 36 nitrogen and oxygen atoms in total. The van der Waals surface area contributed by atoms with E-state index in [9.17, 15) is 76.4 Å². The molecular weight excluding hydrogens is 2140 g/mol. The Morgan fingerprint density at radius 3 is 1.40 bits per heavy atom. The number of alkyl halides is 3. The van der Waals surface area contributed by atoms with E-state index >= 15 is 0 Å². The lowest BCUT2D eigenvalue weighted by Crippen LogP contribution is -2.41. The van der Waals surface area contributed by atoms with Crippen molar-refractivity contribution in [3.8, 4) is 40.1 Å². The van der Waals surface area contributed by atoms with Crippen molar-refractivity contribution >= 4 is 127 Å². The third-order valence-electron chi connectivity index (χ3n) is 21.8. The highest BCUT2D eigenvalue weighted by Gasteiger charge is 2.49. The number of aryl methyl sites for hydroxylation is 8. The van der Waals surface area contributed by atoms with Gasteiger partial charge in [-0.2, -0.15) is 57.2 Å². The number of amides is 3. The van der Waals surface area contributed by atoms with Gasteiger partial charge in [0.15, 0.2) is 17.4 Å². The van der Waals surface area contributed by atoms with Crippen LogP contribution in [0.25, 0.3) is 17.1 Å². The van der Waals surface area contributed by atoms with E-state index in [4.69, 9.17) is 34.4 Å². The molecule has 1 aliphatic carbocycles. The number of hydrogen-bond donors (Lipinski definition) is 4. The number of nitrogens with zero attached hydrogens (tertiary/aromatic N) is 11. The van der Waals surface area contributed by atoms with Crippen molar-refractivity contribution in [2.45, 2.75) is 179 Å². The number of benzene rings is 5. The van der Waals surface area contributed by atoms with Crippen LogP contribution in [0.3, 0.4) is 0 Å². The average Bonchev–Trinajstić information content (AvgIpc) is 1.48. The van der Waals surface area contributed by atoms with Crippen LogP contribution in [0.4, 0.5) is 49.3 Å². The number of aromatic nitrogens is 7. The zero-order valence-corrected chi connectivity index (χ0v) is 88.7. The SMILES string of the molecule is C.CC(=O)/C=C/C1=C(OS(=O)(=O)C(F)(F)F)CCN(C(=O)OC(C)(C)C)C1.COc1cc(Br)c(C)cc1-n1c2c(ccc1=O)CCCC2.COc1cc(Br)c(C)cc1-n1c2c(ccc1=O)CN(C(=O)OC(C)(C)C)CC2.COc1cc(Br)c(C)cc1-n1c2c(ccc1=O)CN(S(=O)(=O)Nc1cccnn1)CC2.Cc1cc(C)c(N)cc1C.Cc1cc(O[B]O)ccc1F.O=C1OCCN1S(=O)(=O)Nc1cccnn1. The van der Waals surface area contributed by atoms with Crippen molar-refractivity contribution < 1.29 is 104 Å². The van der Waals surface area contributed by atoms with E-state index in [1.807, 2.05) is 102 Å². The van der Waals surface area contributed by atoms with E-state index in [2.05, 4.69) is 111 Å². The number of nitrogens with two attached hydrogens (primary N) is 1. The highest BCUT2D eigenvalue weighted by Crippen LogP contribution is 2.38. The smallest absolute Gasteiger partial charge is 0.537 e. The molecule has 47 heteroatoms. The van der Waals surface area contributed by atoms with E-state index < -0.39 is 71.0 Å². The predicted octanol–water partition coefficient (Wildman–Crippen LogP) is 16.8. The molecule has 775 valence electrons. The summed E-state index contributed by atoms with van der Waals surface area (Å²) in [5, 5.41) is 22.7. The van der Waals surface area contributed by atoms with Gasteiger partial charge in [0, 0.05) is 118 Å². The minimum atomic E-state index is -5.85. The molecule has 5 aromatic heterocycles. The van der Waals surface area contributed by atoms with Gasteiger partial charge in [0.1, 0.15) is 52.4 Å². The number of methoxy groups -OCH3 is 3. The third kappa shape index (κ3) is 31.7. The van der Waals surface area contributed by atoms with E-state index in [0.717, 1.165) is 101 Å². The topological polar surface area (TPSA) is 445 Å². The van der Waals surface area contributed by atoms with Crippen LogP contribution in [-0.4, -0.2) is 192 Å². The van der Waals surface area contributed by atoms with Crippen LogP contribution in [-0.2, 0) is 92.5 Å². The molecule has 5 aromatic carbocycles. The van der Waals surface area contributed by atoms with Crippen molar-refractivity contribution in [3.05, 3.63) is 286 Å². The maximum Gasteiger partial charge on any atom is 0.569 e. The number of anilines is 3. The molecule has 15 rings (SSSR count). The summed E-state index contributed by atoms with van der Waals surface area (Å²) < 4.78 is 177. The molecule has 144 heavy (non-hydrogen) atoms. The summed E-state index contributed by atoms with van der Waals surface area (Å²) in [5.74, 6) is 1.32. The first-order valence-corrected chi connectivity index (χ1v) is 50.9. The number of nitrogens with one attached hydrogen (secondary N) is 2. The fourth-order valence-electron chi connectivity index (χ4n) is 14.6. The summed E-state index contributed by atoms with van der Waals surface area (Å²) in [4.78, 5) is 87.5. The number of hydrogen-bond acceptors (Lipinski definition) is 27.